The summed E-state index contributed by atoms with van der Waals surface area (Å²) in [6.07, 6.45) is 8.16. The third-order valence-electron chi connectivity index (χ3n) is 8.75. The van der Waals surface area contributed by atoms with Gasteiger partial charge in [0.15, 0.2) is 0 Å². The highest BCUT2D eigenvalue weighted by Crippen LogP contribution is 2.37. The Morgan fingerprint density at radius 1 is 0.455 bits per heavy atom. The summed E-state index contributed by atoms with van der Waals surface area (Å²) in [4.78, 5) is 4.23. The molecule has 0 unspecified atom stereocenters. The van der Waals surface area contributed by atoms with Gasteiger partial charge in [-0.3, -0.25) is 4.98 Å². The van der Waals surface area contributed by atoms with Crippen LogP contribution in [-0.2, 0) is 0 Å². The Morgan fingerprint density at radius 3 is 1.45 bits per heavy atom. The molecular formula is C41H31N3. The van der Waals surface area contributed by atoms with Crippen molar-refractivity contribution in [3.63, 3.8) is 0 Å². The molecule has 0 spiro atoms. The van der Waals surface area contributed by atoms with Crippen molar-refractivity contribution in [3.05, 3.63) is 150 Å². The van der Waals surface area contributed by atoms with Crippen LogP contribution < -0.4 is 10.6 Å². The van der Waals surface area contributed by atoms with Gasteiger partial charge in [-0.25, -0.2) is 0 Å². The predicted octanol–water partition coefficient (Wildman–Crippen LogP) is 9.06. The van der Waals surface area contributed by atoms with E-state index in [-0.39, 0.29) is 0 Å². The normalized spacial score (nSPS) is 12.6. The molecule has 5 aromatic carbocycles. The van der Waals surface area contributed by atoms with Crippen LogP contribution in [0.3, 0.4) is 0 Å². The van der Waals surface area contributed by atoms with Crippen molar-refractivity contribution in [2.75, 3.05) is 0 Å². The minimum atomic E-state index is 1.16. The maximum Gasteiger partial charge on any atom is 0.0541 e. The Kier molecular flexibility index (Phi) is 6.23. The molecule has 0 bridgehead atoms. The van der Waals surface area contributed by atoms with E-state index in [1.165, 1.54) is 71.2 Å². The van der Waals surface area contributed by atoms with E-state index in [1.807, 2.05) is 12.4 Å². The fourth-order valence-electron chi connectivity index (χ4n) is 6.74. The second-order valence-electron chi connectivity index (χ2n) is 11.1. The molecule has 0 aliphatic heterocycles. The summed E-state index contributed by atoms with van der Waals surface area (Å²) < 4.78 is 4.74. The van der Waals surface area contributed by atoms with Gasteiger partial charge >= 0.3 is 0 Å². The first-order valence-corrected chi connectivity index (χ1v) is 15.1. The van der Waals surface area contributed by atoms with Gasteiger partial charge in [0, 0.05) is 50.5 Å². The van der Waals surface area contributed by atoms with E-state index in [0.29, 0.717) is 0 Å². The molecule has 0 N–H and O–H groups in total. The number of para-hydroxylation sites is 2. The lowest BCUT2D eigenvalue weighted by molar-refractivity contribution is 1.07. The third kappa shape index (κ3) is 4.09. The molecule has 3 nitrogen and oxygen atoms in total. The highest BCUT2D eigenvalue weighted by Gasteiger charge is 2.16. The van der Waals surface area contributed by atoms with Crippen molar-refractivity contribution in [2.45, 2.75) is 13.8 Å². The highest BCUT2D eigenvalue weighted by atomic mass is 15.0. The summed E-state index contributed by atoms with van der Waals surface area (Å²) in [6, 6.07) is 46.0. The lowest BCUT2D eigenvalue weighted by Gasteiger charge is -2.09. The molecule has 3 heteroatoms. The van der Waals surface area contributed by atoms with Crippen LogP contribution in [-0.4, -0.2) is 14.1 Å². The monoisotopic (exact) mass is 565 g/mol. The molecule has 0 amide bonds. The Hall–Kier alpha value is -5.67. The maximum atomic E-state index is 4.23. The van der Waals surface area contributed by atoms with Crippen molar-refractivity contribution in [2.24, 2.45) is 0 Å². The van der Waals surface area contributed by atoms with E-state index in [1.54, 1.807) is 0 Å². The topological polar surface area (TPSA) is 22.8 Å². The number of fused-ring (bicyclic) bond motifs is 4. The van der Waals surface area contributed by atoms with Crippen molar-refractivity contribution in [3.8, 4) is 33.6 Å². The molecule has 210 valence electrons. The Labute approximate surface area is 256 Å². The molecule has 0 radical (unpaired) electrons. The zero-order valence-electron chi connectivity index (χ0n) is 24.8. The lowest BCUT2D eigenvalue weighted by atomic mass is 9.99. The predicted molar refractivity (Wildman–Crippen MR) is 186 cm³/mol. The summed E-state index contributed by atoms with van der Waals surface area (Å²) in [5.74, 6) is 0. The molecular weight excluding hydrogens is 534 g/mol. The van der Waals surface area contributed by atoms with E-state index in [0.717, 1.165) is 5.69 Å². The quantitative estimate of drug-likeness (QED) is 0.209. The van der Waals surface area contributed by atoms with Crippen molar-refractivity contribution in [1.82, 2.24) is 14.1 Å². The summed E-state index contributed by atoms with van der Waals surface area (Å²) in [5, 5.41) is 6.22. The van der Waals surface area contributed by atoms with E-state index >= 15 is 0 Å². The van der Waals surface area contributed by atoms with E-state index in [9.17, 15) is 0 Å². The van der Waals surface area contributed by atoms with Crippen molar-refractivity contribution in [1.29, 1.82) is 0 Å². The number of rotatable bonds is 4. The van der Waals surface area contributed by atoms with E-state index in [4.69, 9.17) is 0 Å². The minimum absolute atomic E-state index is 1.16. The molecule has 3 heterocycles. The standard InChI is InChI=1S/C41H31N3/c1-3-34-35-26-30(16-19-39(35)43(38(34)4-2)32-11-7-5-8-12-32)31-17-20-41-37(27-31)36-25-29(28-21-23-42-24-22-28)15-18-40(36)44(41)33-13-9-6-10-14-33/h3-27H,1-2H3/b34-3-,38-4+. The fraction of sp³-hybridized carbons (Fsp3) is 0.0488. The number of benzene rings is 5. The van der Waals surface area contributed by atoms with Crippen LogP contribution in [0.25, 0.3) is 78.5 Å². The second-order valence-corrected chi connectivity index (χ2v) is 11.1. The number of pyridine rings is 1. The molecule has 0 fully saturated rings. The van der Waals surface area contributed by atoms with Crippen LogP contribution in [0, 0.1) is 0 Å². The van der Waals surface area contributed by atoms with Gasteiger partial charge in [0.1, 0.15) is 0 Å². The van der Waals surface area contributed by atoms with Crippen LogP contribution in [0.2, 0.25) is 0 Å². The minimum Gasteiger partial charge on any atom is -0.310 e. The average Bonchev–Trinajstić information content (AvgIpc) is 3.60. The van der Waals surface area contributed by atoms with Crippen molar-refractivity contribution >= 4 is 44.9 Å². The SMILES string of the molecule is C/C=c1\c(=C/C)n(-c2ccccc2)c2ccc(-c3ccc4c(c3)c3cc(-c5ccncc5)ccc3n4-c3ccccc3)cc12. The summed E-state index contributed by atoms with van der Waals surface area (Å²) >= 11 is 0. The number of hydrogen-bond donors (Lipinski definition) is 0. The first kappa shape index (κ1) is 26.0. The molecule has 44 heavy (non-hydrogen) atoms. The van der Waals surface area contributed by atoms with Gasteiger partial charge in [-0.2, -0.15) is 0 Å². The Bertz CT molecular complexity index is 2430. The molecule has 8 aromatic rings. The summed E-state index contributed by atoms with van der Waals surface area (Å²) in [7, 11) is 0. The highest BCUT2D eigenvalue weighted by molar-refractivity contribution is 6.11. The number of nitrogens with zero attached hydrogens (tertiary/aromatic N) is 3. The van der Waals surface area contributed by atoms with Crippen LogP contribution >= 0.6 is 0 Å². The van der Waals surface area contributed by atoms with Gasteiger partial charge in [0.2, 0.25) is 0 Å². The maximum absolute atomic E-state index is 4.23. The number of hydrogen-bond acceptors (Lipinski definition) is 1. The molecule has 0 atom stereocenters. The van der Waals surface area contributed by atoms with Crippen LogP contribution in [0.4, 0.5) is 0 Å². The first-order valence-electron chi connectivity index (χ1n) is 15.1. The van der Waals surface area contributed by atoms with Gasteiger partial charge in [0.25, 0.3) is 0 Å². The average molecular weight is 566 g/mol. The lowest BCUT2D eigenvalue weighted by Crippen LogP contribution is -2.27. The molecule has 8 rings (SSSR count). The van der Waals surface area contributed by atoms with Crippen LogP contribution in [0.1, 0.15) is 13.8 Å². The van der Waals surface area contributed by atoms with Crippen LogP contribution in [0.5, 0.6) is 0 Å². The Morgan fingerprint density at radius 2 is 0.932 bits per heavy atom. The fourth-order valence-corrected chi connectivity index (χ4v) is 6.74. The molecule has 3 aromatic heterocycles. The van der Waals surface area contributed by atoms with Gasteiger partial charge in [-0.15, -0.1) is 0 Å². The second kappa shape index (κ2) is 10.6. The zero-order chi connectivity index (χ0) is 29.6. The van der Waals surface area contributed by atoms with Gasteiger partial charge in [-0.1, -0.05) is 66.7 Å². The van der Waals surface area contributed by atoms with E-state index in [2.05, 4.69) is 168 Å². The van der Waals surface area contributed by atoms with Gasteiger partial charge in [0.05, 0.1) is 16.6 Å². The largest absolute Gasteiger partial charge is 0.310 e. The first-order chi connectivity index (χ1) is 21.7. The molecule has 0 aliphatic rings. The Balaban J connectivity index is 1.37. The molecule has 0 aliphatic carbocycles. The summed E-state index contributed by atoms with van der Waals surface area (Å²) in [5.41, 5.74) is 10.7. The third-order valence-corrected chi connectivity index (χ3v) is 8.75. The van der Waals surface area contributed by atoms with Gasteiger partial charge in [-0.05, 0) is 109 Å². The van der Waals surface area contributed by atoms with E-state index < -0.39 is 0 Å². The smallest absolute Gasteiger partial charge is 0.0541 e. The van der Waals surface area contributed by atoms with Crippen LogP contribution in [0.15, 0.2) is 140 Å². The molecule has 0 saturated carbocycles. The zero-order valence-corrected chi connectivity index (χ0v) is 24.8. The summed E-state index contributed by atoms with van der Waals surface area (Å²) in [6.45, 7) is 4.26. The van der Waals surface area contributed by atoms with Gasteiger partial charge < -0.3 is 9.13 Å². The van der Waals surface area contributed by atoms with Crippen molar-refractivity contribution < 1.29 is 0 Å². The molecule has 0 saturated heterocycles. The number of aromatic nitrogens is 3.